The SMILES string of the molecule is COc1cc2c(CC(=O)NCC(=O)O)c(C)n(C(=O)c3ccc(Br)cc3)c2cc1Cl. The molecule has 1 heterocycles. The number of carboxylic acids is 1. The Bertz CT molecular complexity index is 1150. The highest BCUT2D eigenvalue weighted by Crippen LogP contribution is 2.35. The summed E-state index contributed by atoms with van der Waals surface area (Å²) in [7, 11) is 1.48. The third-order valence-corrected chi connectivity index (χ3v) is 5.50. The number of aliphatic carboxylic acids is 1. The lowest BCUT2D eigenvalue weighted by atomic mass is 10.1. The molecule has 30 heavy (non-hydrogen) atoms. The molecule has 0 atom stereocenters. The molecular formula is C21H18BrClN2O5. The molecule has 1 aromatic heterocycles. The number of hydrogen-bond acceptors (Lipinski definition) is 4. The van der Waals surface area contributed by atoms with Crippen LogP contribution in [0, 0.1) is 6.92 Å². The van der Waals surface area contributed by atoms with Crippen molar-refractivity contribution in [2.45, 2.75) is 13.3 Å². The van der Waals surface area contributed by atoms with Gasteiger partial charge in [0.2, 0.25) is 5.91 Å². The van der Waals surface area contributed by atoms with Gasteiger partial charge >= 0.3 is 5.97 Å². The van der Waals surface area contributed by atoms with Crippen molar-refractivity contribution < 1.29 is 24.2 Å². The van der Waals surface area contributed by atoms with E-state index in [-0.39, 0.29) is 12.3 Å². The zero-order chi connectivity index (χ0) is 22.0. The molecule has 3 rings (SSSR count). The van der Waals surface area contributed by atoms with Crippen molar-refractivity contribution in [3.05, 3.63) is 62.7 Å². The van der Waals surface area contributed by atoms with E-state index in [1.165, 1.54) is 11.7 Å². The highest BCUT2D eigenvalue weighted by atomic mass is 79.9. The summed E-state index contributed by atoms with van der Waals surface area (Å²) in [5.41, 5.74) is 2.15. The second-order valence-electron chi connectivity index (χ2n) is 6.56. The number of carbonyl (C=O) groups excluding carboxylic acids is 2. The van der Waals surface area contributed by atoms with E-state index in [2.05, 4.69) is 21.2 Å². The summed E-state index contributed by atoms with van der Waals surface area (Å²) in [6.07, 6.45) is -0.0962. The lowest BCUT2D eigenvalue weighted by Crippen LogP contribution is -2.30. The molecule has 3 aromatic rings. The molecule has 7 nitrogen and oxygen atoms in total. The van der Waals surface area contributed by atoms with Gasteiger partial charge in [-0.15, -0.1) is 0 Å². The number of carboxylic acid groups (broad SMARTS) is 1. The Morgan fingerprint density at radius 3 is 2.47 bits per heavy atom. The van der Waals surface area contributed by atoms with Crippen LogP contribution >= 0.6 is 27.5 Å². The molecule has 0 unspecified atom stereocenters. The van der Waals surface area contributed by atoms with E-state index in [9.17, 15) is 14.4 Å². The quantitative estimate of drug-likeness (QED) is 0.544. The van der Waals surface area contributed by atoms with Crippen LogP contribution in [0.5, 0.6) is 5.75 Å². The first-order valence-corrected chi connectivity index (χ1v) is 10.1. The van der Waals surface area contributed by atoms with Crippen LogP contribution in [0.4, 0.5) is 0 Å². The minimum atomic E-state index is -1.14. The molecule has 2 N–H and O–H groups in total. The van der Waals surface area contributed by atoms with Crippen molar-refractivity contribution in [3.8, 4) is 5.75 Å². The first-order chi connectivity index (χ1) is 14.2. The maximum Gasteiger partial charge on any atom is 0.322 e. The average molecular weight is 494 g/mol. The fourth-order valence-corrected chi connectivity index (χ4v) is 3.74. The topological polar surface area (TPSA) is 97.6 Å². The van der Waals surface area contributed by atoms with Crippen molar-refractivity contribution in [2.24, 2.45) is 0 Å². The van der Waals surface area contributed by atoms with Crippen molar-refractivity contribution >= 4 is 56.2 Å². The summed E-state index contributed by atoms with van der Waals surface area (Å²) in [5, 5.41) is 12.1. The van der Waals surface area contributed by atoms with E-state index in [0.717, 1.165) is 4.47 Å². The van der Waals surface area contributed by atoms with Gasteiger partial charge in [-0.25, -0.2) is 0 Å². The zero-order valence-corrected chi connectivity index (χ0v) is 18.5. The molecule has 0 radical (unpaired) electrons. The average Bonchev–Trinajstić information content (AvgIpc) is 2.96. The number of nitrogens with zero attached hydrogens (tertiary/aromatic N) is 1. The molecular weight excluding hydrogens is 476 g/mol. The maximum absolute atomic E-state index is 13.3. The Morgan fingerprint density at radius 2 is 1.87 bits per heavy atom. The van der Waals surface area contributed by atoms with E-state index in [1.54, 1.807) is 43.3 Å². The van der Waals surface area contributed by atoms with Crippen LogP contribution in [0.25, 0.3) is 10.9 Å². The molecule has 0 saturated carbocycles. The number of halogens is 2. The minimum absolute atomic E-state index is 0.0962. The molecule has 1 amide bonds. The second-order valence-corrected chi connectivity index (χ2v) is 7.89. The van der Waals surface area contributed by atoms with Crippen LogP contribution in [0.15, 0.2) is 40.9 Å². The Hall–Kier alpha value is -2.84. The number of fused-ring (bicyclic) bond motifs is 1. The highest BCUT2D eigenvalue weighted by Gasteiger charge is 2.23. The van der Waals surface area contributed by atoms with Crippen LogP contribution in [0.2, 0.25) is 5.02 Å². The van der Waals surface area contributed by atoms with E-state index < -0.39 is 18.4 Å². The van der Waals surface area contributed by atoms with E-state index in [4.69, 9.17) is 21.4 Å². The van der Waals surface area contributed by atoms with Crippen molar-refractivity contribution in [2.75, 3.05) is 13.7 Å². The second kappa shape index (κ2) is 8.89. The number of ether oxygens (including phenoxy) is 1. The van der Waals surface area contributed by atoms with Gasteiger partial charge in [-0.3, -0.25) is 19.0 Å². The number of methoxy groups -OCH3 is 1. The van der Waals surface area contributed by atoms with E-state index in [0.29, 0.717) is 38.5 Å². The summed E-state index contributed by atoms with van der Waals surface area (Å²) in [4.78, 5) is 36.3. The number of amides is 1. The van der Waals surface area contributed by atoms with Crippen LogP contribution in [0.3, 0.4) is 0 Å². The summed E-state index contributed by atoms with van der Waals surface area (Å²) in [6.45, 7) is 1.25. The number of rotatable bonds is 6. The van der Waals surface area contributed by atoms with Crippen LogP contribution in [-0.4, -0.2) is 41.1 Å². The molecule has 0 fully saturated rings. The van der Waals surface area contributed by atoms with Gasteiger partial charge in [-0.2, -0.15) is 0 Å². The predicted molar refractivity (Wildman–Crippen MR) is 116 cm³/mol. The largest absolute Gasteiger partial charge is 0.495 e. The predicted octanol–water partition coefficient (Wildman–Crippen LogP) is 3.81. The van der Waals surface area contributed by atoms with E-state index >= 15 is 0 Å². The van der Waals surface area contributed by atoms with Gasteiger partial charge in [0.15, 0.2) is 0 Å². The van der Waals surface area contributed by atoms with Gasteiger partial charge in [0.1, 0.15) is 12.3 Å². The Labute approximate surface area is 185 Å². The molecule has 0 spiro atoms. The molecule has 2 aromatic carbocycles. The number of hydrogen-bond donors (Lipinski definition) is 2. The maximum atomic E-state index is 13.3. The molecule has 0 bridgehead atoms. The minimum Gasteiger partial charge on any atom is -0.495 e. The van der Waals surface area contributed by atoms with Gasteiger partial charge in [0.25, 0.3) is 5.91 Å². The standard InChI is InChI=1S/C21H18BrClN2O5/c1-11-14(8-19(26)24-10-20(27)28)15-7-18(30-2)16(23)9-17(15)25(11)21(29)12-3-5-13(22)6-4-12/h3-7,9H,8,10H2,1-2H3,(H,24,26)(H,27,28). The molecule has 0 aliphatic heterocycles. The fraction of sp³-hybridized carbons (Fsp3) is 0.190. The van der Waals surface area contributed by atoms with Crippen LogP contribution in [0.1, 0.15) is 21.6 Å². The Balaban J connectivity index is 2.14. The number of carbonyl (C=O) groups is 3. The van der Waals surface area contributed by atoms with Gasteiger partial charge in [-0.05, 0) is 48.9 Å². The highest BCUT2D eigenvalue weighted by molar-refractivity contribution is 9.10. The fourth-order valence-electron chi connectivity index (χ4n) is 3.24. The van der Waals surface area contributed by atoms with Crippen molar-refractivity contribution in [1.82, 2.24) is 9.88 Å². The number of aromatic nitrogens is 1. The number of benzene rings is 2. The zero-order valence-electron chi connectivity index (χ0n) is 16.2. The lowest BCUT2D eigenvalue weighted by Gasteiger charge is -2.09. The smallest absolute Gasteiger partial charge is 0.322 e. The summed E-state index contributed by atoms with van der Waals surface area (Å²) >= 11 is 9.65. The molecule has 0 aliphatic rings. The Morgan fingerprint density at radius 1 is 1.20 bits per heavy atom. The van der Waals surface area contributed by atoms with Gasteiger partial charge in [0.05, 0.1) is 24.1 Å². The summed E-state index contributed by atoms with van der Waals surface area (Å²) in [6, 6.07) is 10.2. The monoisotopic (exact) mass is 492 g/mol. The Kier molecular flexibility index (Phi) is 6.48. The first kappa shape index (κ1) is 21.9. The first-order valence-electron chi connectivity index (χ1n) is 8.89. The summed E-state index contributed by atoms with van der Waals surface area (Å²) < 4.78 is 7.64. The molecule has 0 aliphatic carbocycles. The van der Waals surface area contributed by atoms with Crippen molar-refractivity contribution in [1.29, 1.82) is 0 Å². The molecule has 0 saturated heterocycles. The number of nitrogens with one attached hydrogen (secondary N) is 1. The van der Waals surface area contributed by atoms with Gasteiger partial charge in [-0.1, -0.05) is 27.5 Å². The van der Waals surface area contributed by atoms with Gasteiger partial charge in [0, 0.05) is 21.1 Å². The van der Waals surface area contributed by atoms with E-state index in [1.807, 2.05) is 0 Å². The van der Waals surface area contributed by atoms with Gasteiger partial charge < -0.3 is 15.2 Å². The normalized spacial score (nSPS) is 10.8. The third kappa shape index (κ3) is 4.34. The van der Waals surface area contributed by atoms with Crippen molar-refractivity contribution in [3.63, 3.8) is 0 Å². The third-order valence-electron chi connectivity index (χ3n) is 4.68. The molecule has 156 valence electrons. The lowest BCUT2D eigenvalue weighted by molar-refractivity contribution is -0.137. The molecule has 9 heteroatoms. The van der Waals surface area contributed by atoms with Crippen LogP contribution in [-0.2, 0) is 16.0 Å². The summed E-state index contributed by atoms with van der Waals surface area (Å²) in [5.74, 6) is -1.47. The van der Waals surface area contributed by atoms with Crippen LogP contribution < -0.4 is 10.1 Å².